The summed E-state index contributed by atoms with van der Waals surface area (Å²) < 4.78 is 5.62. The molecule has 0 aliphatic heterocycles. The Morgan fingerprint density at radius 2 is 1.76 bits per heavy atom. The molecule has 0 radical (unpaired) electrons. The maximum atomic E-state index is 13.1. The summed E-state index contributed by atoms with van der Waals surface area (Å²) in [5, 5.41) is 22.5. The first-order valence-corrected chi connectivity index (χ1v) is 11.5. The molecule has 0 saturated heterocycles. The number of carboxylic acids is 1. The first kappa shape index (κ1) is 25.2. The van der Waals surface area contributed by atoms with E-state index in [1.165, 1.54) is 5.56 Å². The molecule has 2 aromatic carbocycles. The van der Waals surface area contributed by atoms with E-state index in [4.69, 9.17) is 4.74 Å². The fourth-order valence-corrected chi connectivity index (χ4v) is 4.01. The maximum absolute atomic E-state index is 13.1. The largest absolute Gasteiger partial charge is 0.478 e. The monoisotopic (exact) mass is 468 g/mol. The topological polar surface area (TPSA) is 116 Å². The smallest absolute Gasteiger partial charge is 0.357 e. The Kier molecular flexibility index (Phi) is 7.94. The van der Waals surface area contributed by atoms with Crippen molar-refractivity contribution in [2.45, 2.75) is 58.2 Å². The Morgan fingerprint density at radius 1 is 1.09 bits per heavy atom. The van der Waals surface area contributed by atoms with Crippen molar-refractivity contribution in [1.29, 1.82) is 0 Å². The lowest BCUT2D eigenvalue weighted by Gasteiger charge is -2.35. The van der Waals surface area contributed by atoms with Crippen LogP contribution in [0.1, 0.15) is 43.9 Å². The number of carbonyl (C=O) groups excluding carboxylic acids is 2. The Labute approximate surface area is 199 Å². The highest BCUT2D eigenvalue weighted by atomic mass is 16.5. The molecule has 2 unspecified atom stereocenters. The highest BCUT2D eigenvalue weighted by molar-refractivity contribution is 5.88. The van der Waals surface area contributed by atoms with Crippen LogP contribution < -0.4 is 10.1 Å². The van der Waals surface area contributed by atoms with Crippen molar-refractivity contribution < 1.29 is 29.3 Å². The lowest BCUT2D eigenvalue weighted by molar-refractivity contribution is -0.173. The number of aliphatic carboxylic acids is 1. The summed E-state index contributed by atoms with van der Waals surface area (Å²) in [7, 11) is 0. The van der Waals surface area contributed by atoms with Gasteiger partial charge in [0.05, 0.1) is 0 Å². The summed E-state index contributed by atoms with van der Waals surface area (Å²) in [4.78, 5) is 38.7. The highest BCUT2D eigenvalue weighted by Crippen LogP contribution is 2.26. The molecule has 1 aliphatic rings. The Bertz CT molecular complexity index is 1030. The number of nitrogens with one attached hydrogen (secondary N) is 1. The number of urea groups is 1. The predicted octanol–water partition coefficient (Wildman–Crippen LogP) is 3.15. The summed E-state index contributed by atoms with van der Waals surface area (Å²) in [5.74, 6) is -1.96. The Morgan fingerprint density at radius 3 is 2.41 bits per heavy atom. The normalized spacial score (nSPS) is 15.2. The number of carbonyl (C=O) groups is 3. The molecule has 8 heteroatoms. The van der Waals surface area contributed by atoms with E-state index < -0.39 is 29.7 Å². The second-order valence-corrected chi connectivity index (χ2v) is 9.23. The molecule has 0 bridgehead atoms. The van der Waals surface area contributed by atoms with Crippen LogP contribution in [-0.4, -0.2) is 51.4 Å². The van der Waals surface area contributed by atoms with Crippen LogP contribution in [0.15, 0.2) is 48.5 Å². The lowest BCUT2D eigenvalue weighted by atomic mass is 10.1. The number of aryl methyl sites for hydroxylation is 2. The van der Waals surface area contributed by atoms with Crippen LogP contribution in [0.5, 0.6) is 5.75 Å². The van der Waals surface area contributed by atoms with Gasteiger partial charge in [-0.25, -0.2) is 14.4 Å². The number of ether oxygens (including phenoxy) is 1. The van der Waals surface area contributed by atoms with E-state index in [0.717, 1.165) is 42.2 Å². The Balaban J connectivity index is 1.83. The predicted molar refractivity (Wildman–Crippen MR) is 126 cm³/mol. The summed E-state index contributed by atoms with van der Waals surface area (Å²) >= 11 is 0. The molecule has 2 amide bonds. The molecular formula is C26H32N2O6. The van der Waals surface area contributed by atoms with Gasteiger partial charge in [-0.05, 0) is 60.9 Å². The average molecular weight is 469 g/mol. The second-order valence-electron chi connectivity index (χ2n) is 9.23. The van der Waals surface area contributed by atoms with E-state index in [1.807, 2.05) is 42.5 Å². The molecule has 8 nitrogen and oxygen atoms in total. The molecule has 34 heavy (non-hydrogen) atoms. The summed E-state index contributed by atoms with van der Waals surface area (Å²) in [6.45, 7) is 4.60. The number of rotatable bonds is 9. The highest BCUT2D eigenvalue weighted by Gasteiger charge is 2.42. The van der Waals surface area contributed by atoms with Gasteiger partial charge >= 0.3 is 18.0 Å². The van der Waals surface area contributed by atoms with Crippen LogP contribution in [0, 0.1) is 5.92 Å². The van der Waals surface area contributed by atoms with Gasteiger partial charge in [0.2, 0.25) is 5.72 Å². The number of esters is 1. The number of nitrogens with zero attached hydrogens (tertiary/aromatic N) is 1. The maximum Gasteiger partial charge on any atom is 0.357 e. The molecule has 182 valence electrons. The molecule has 3 rings (SSSR count). The fourth-order valence-electron chi connectivity index (χ4n) is 4.01. The number of hydrogen-bond donors (Lipinski definition) is 3. The quantitative estimate of drug-likeness (QED) is 0.296. The van der Waals surface area contributed by atoms with Gasteiger partial charge < -0.3 is 20.3 Å². The zero-order chi connectivity index (χ0) is 24.9. The van der Waals surface area contributed by atoms with E-state index in [-0.39, 0.29) is 18.9 Å². The van der Waals surface area contributed by atoms with Crippen molar-refractivity contribution >= 4 is 18.0 Å². The van der Waals surface area contributed by atoms with Gasteiger partial charge in [-0.3, -0.25) is 4.90 Å². The minimum absolute atomic E-state index is 0.0247. The standard InChI is InChI=1S/C26H32N2O6/c1-17(2)16-28(26(3,33)24(30)31)25(32)27-22(14-18-8-5-4-6-9-18)23(29)34-21-13-12-19-10-7-11-20(19)15-21/h4-6,8-9,12-13,15,17,22,33H,7,10-11,14,16H2,1-3H3,(H,27,32)(H,30,31). The van der Waals surface area contributed by atoms with E-state index >= 15 is 0 Å². The number of fused-ring (bicyclic) bond motifs is 1. The molecule has 3 N–H and O–H groups in total. The minimum atomic E-state index is -2.45. The SMILES string of the molecule is CC(C)CN(C(=O)NC(Cc1ccccc1)C(=O)Oc1ccc2c(c1)CCC2)C(C)(O)C(=O)O. The van der Waals surface area contributed by atoms with E-state index in [0.29, 0.717) is 5.75 Å². The van der Waals surface area contributed by atoms with Crippen molar-refractivity contribution in [2.24, 2.45) is 5.92 Å². The van der Waals surface area contributed by atoms with Crippen LogP contribution in [0.25, 0.3) is 0 Å². The number of hydrogen-bond acceptors (Lipinski definition) is 5. The van der Waals surface area contributed by atoms with Crippen LogP contribution in [-0.2, 0) is 28.9 Å². The van der Waals surface area contributed by atoms with Gasteiger partial charge in [-0.1, -0.05) is 50.2 Å². The second kappa shape index (κ2) is 10.7. The fraction of sp³-hybridized carbons (Fsp3) is 0.423. The zero-order valence-corrected chi connectivity index (χ0v) is 19.8. The molecule has 0 fully saturated rings. The van der Waals surface area contributed by atoms with Crippen molar-refractivity contribution in [3.8, 4) is 5.75 Å². The van der Waals surface area contributed by atoms with Crippen molar-refractivity contribution in [3.05, 3.63) is 65.2 Å². The first-order chi connectivity index (χ1) is 16.1. The van der Waals surface area contributed by atoms with Gasteiger partial charge in [0.15, 0.2) is 0 Å². The molecule has 1 aliphatic carbocycles. The summed E-state index contributed by atoms with van der Waals surface area (Å²) in [6, 6.07) is 12.7. The number of amides is 2. The molecule has 2 aromatic rings. The summed E-state index contributed by atoms with van der Waals surface area (Å²) in [6.07, 6.45) is 3.14. The van der Waals surface area contributed by atoms with Crippen LogP contribution in [0.2, 0.25) is 0 Å². The third kappa shape index (κ3) is 6.14. The third-order valence-corrected chi connectivity index (χ3v) is 5.88. The number of aliphatic hydroxyl groups is 1. The molecule has 2 atom stereocenters. The van der Waals surface area contributed by atoms with E-state index in [1.54, 1.807) is 19.9 Å². The Hall–Kier alpha value is -3.39. The molecule has 0 saturated carbocycles. The zero-order valence-electron chi connectivity index (χ0n) is 19.8. The lowest BCUT2D eigenvalue weighted by Crippen LogP contribution is -2.61. The van der Waals surface area contributed by atoms with Crippen LogP contribution in [0.4, 0.5) is 4.79 Å². The number of carboxylic acid groups (broad SMARTS) is 1. The molecule has 0 spiro atoms. The van der Waals surface area contributed by atoms with Crippen LogP contribution >= 0.6 is 0 Å². The van der Waals surface area contributed by atoms with Gasteiger partial charge in [-0.2, -0.15) is 0 Å². The van der Waals surface area contributed by atoms with Gasteiger partial charge in [0.25, 0.3) is 0 Å². The summed E-state index contributed by atoms with van der Waals surface area (Å²) in [5.41, 5.74) is 0.734. The van der Waals surface area contributed by atoms with Gasteiger partial charge in [-0.15, -0.1) is 0 Å². The van der Waals surface area contributed by atoms with Crippen molar-refractivity contribution in [3.63, 3.8) is 0 Å². The third-order valence-electron chi connectivity index (χ3n) is 5.88. The van der Waals surface area contributed by atoms with E-state index in [2.05, 4.69) is 5.32 Å². The molecule has 0 heterocycles. The van der Waals surface area contributed by atoms with Crippen molar-refractivity contribution in [1.82, 2.24) is 10.2 Å². The number of benzene rings is 2. The minimum Gasteiger partial charge on any atom is -0.478 e. The van der Waals surface area contributed by atoms with E-state index in [9.17, 15) is 24.6 Å². The first-order valence-electron chi connectivity index (χ1n) is 11.5. The van der Waals surface area contributed by atoms with Gasteiger partial charge in [0, 0.05) is 13.0 Å². The van der Waals surface area contributed by atoms with Crippen LogP contribution in [0.3, 0.4) is 0 Å². The molecular weight excluding hydrogens is 436 g/mol. The average Bonchev–Trinajstić information content (AvgIpc) is 3.25. The van der Waals surface area contributed by atoms with Gasteiger partial charge in [0.1, 0.15) is 11.8 Å². The molecule has 0 aromatic heterocycles. The van der Waals surface area contributed by atoms with Crippen molar-refractivity contribution in [2.75, 3.05) is 6.54 Å².